The van der Waals surface area contributed by atoms with Crippen molar-refractivity contribution in [3.63, 3.8) is 0 Å². The minimum Gasteiger partial charge on any atom is -0.480 e. The van der Waals surface area contributed by atoms with Crippen LogP contribution in [0.4, 0.5) is 4.79 Å². The maximum absolute atomic E-state index is 12.4. The lowest BCUT2D eigenvalue weighted by atomic mass is 9.87. The zero-order valence-corrected chi connectivity index (χ0v) is 13.2. The van der Waals surface area contributed by atoms with Crippen molar-refractivity contribution in [3.05, 3.63) is 48.2 Å². The molecule has 0 aromatic heterocycles. The van der Waals surface area contributed by atoms with Gasteiger partial charge in [-0.2, -0.15) is 0 Å². The van der Waals surface area contributed by atoms with Crippen LogP contribution in [0.3, 0.4) is 0 Å². The van der Waals surface area contributed by atoms with Gasteiger partial charge in [-0.25, -0.2) is 9.59 Å². The molecule has 1 aromatic rings. The molecule has 2 heterocycles. The molecule has 24 heavy (non-hydrogen) atoms. The van der Waals surface area contributed by atoms with Gasteiger partial charge in [-0.1, -0.05) is 36.4 Å². The van der Waals surface area contributed by atoms with Gasteiger partial charge >= 0.3 is 12.1 Å². The zero-order chi connectivity index (χ0) is 16.9. The molecule has 126 valence electrons. The number of carboxylic acid groups (broad SMARTS) is 1. The number of rotatable bonds is 4. The third-order valence-electron chi connectivity index (χ3n) is 4.54. The molecule has 1 N–H and O–H groups in total. The summed E-state index contributed by atoms with van der Waals surface area (Å²) in [5, 5.41) is 9.44. The van der Waals surface area contributed by atoms with Gasteiger partial charge < -0.3 is 9.84 Å². The molecule has 1 fully saturated rings. The van der Waals surface area contributed by atoms with Gasteiger partial charge in [-0.15, -0.1) is 0 Å². The lowest BCUT2D eigenvalue weighted by molar-refractivity contribution is -0.141. The Hall–Kier alpha value is -2.63. The van der Waals surface area contributed by atoms with Crippen LogP contribution in [0.5, 0.6) is 0 Å². The van der Waals surface area contributed by atoms with Crippen LogP contribution in [0.2, 0.25) is 0 Å². The van der Waals surface area contributed by atoms with E-state index in [4.69, 9.17) is 4.74 Å². The number of amides is 1. The molecule has 6 nitrogen and oxygen atoms in total. The van der Waals surface area contributed by atoms with Crippen molar-refractivity contribution in [1.82, 2.24) is 4.90 Å². The number of carboxylic acids is 1. The fourth-order valence-corrected chi connectivity index (χ4v) is 3.23. The van der Waals surface area contributed by atoms with Crippen LogP contribution < -0.4 is 0 Å². The summed E-state index contributed by atoms with van der Waals surface area (Å²) in [5.41, 5.74) is 0.873. The predicted molar refractivity (Wildman–Crippen MR) is 88.6 cm³/mol. The van der Waals surface area contributed by atoms with Crippen molar-refractivity contribution < 1.29 is 19.4 Å². The highest BCUT2D eigenvalue weighted by Gasteiger charge is 2.42. The number of likely N-dealkylation sites (tertiary alicyclic amines) is 1. The van der Waals surface area contributed by atoms with Gasteiger partial charge in [0.25, 0.3) is 0 Å². The van der Waals surface area contributed by atoms with E-state index >= 15 is 0 Å². The Labute approximate surface area is 140 Å². The summed E-state index contributed by atoms with van der Waals surface area (Å²) in [4.78, 5) is 29.3. The molecule has 0 bridgehead atoms. The van der Waals surface area contributed by atoms with Crippen LogP contribution in [0, 0.1) is 11.8 Å². The summed E-state index contributed by atoms with van der Waals surface area (Å²) in [6.07, 6.45) is 6.25. The molecular formula is C18H20N2O4. The van der Waals surface area contributed by atoms with E-state index in [1.807, 2.05) is 42.6 Å². The van der Waals surface area contributed by atoms with Gasteiger partial charge in [0.05, 0.1) is 0 Å². The topological polar surface area (TPSA) is 79.2 Å². The molecule has 0 spiro atoms. The first-order valence-electron chi connectivity index (χ1n) is 8.03. The van der Waals surface area contributed by atoms with Gasteiger partial charge in [-0.3, -0.25) is 9.89 Å². The van der Waals surface area contributed by atoms with Crippen molar-refractivity contribution >= 4 is 18.3 Å². The van der Waals surface area contributed by atoms with Crippen LogP contribution in [0.1, 0.15) is 18.4 Å². The number of ether oxygens (including phenoxy) is 1. The van der Waals surface area contributed by atoms with E-state index in [2.05, 4.69) is 4.99 Å². The molecule has 2 unspecified atom stereocenters. The van der Waals surface area contributed by atoms with E-state index in [9.17, 15) is 14.7 Å². The summed E-state index contributed by atoms with van der Waals surface area (Å²) in [7, 11) is 0. The number of hydrogen-bond donors (Lipinski definition) is 1. The largest absolute Gasteiger partial charge is 0.480 e. The summed E-state index contributed by atoms with van der Waals surface area (Å²) >= 11 is 0. The van der Waals surface area contributed by atoms with Crippen molar-refractivity contribution in [2.24, 2.45) is 16.8 Å². The van der Waals surface area contributed by atoms with E-state index in [0.717, 1.165) is 12.0 Å². The molecule has 2 aliphatic rings. The normalized spacial score (nSPS) is 25.7. The average Bonchev–Trinajstić information content (AvgIpc) is 3.07. The fraction of sp³-hybridized carbons (Fsp3) is 0.389. The SMILES string of the molecule is O=C(O)[C@@H]1CC(C2C=NC=CC2)CN1C(=O)OCc1ccccc1. The van der Waals surface area contributed by atoms with Crippen LogP contribution in [-0.2, 0) is 16.1 Å². The maximum Gasteiger partial charge on any atom is 0.410 e. The molecule has 3 rings (SSSR count). The minimum atomic E-state index is -0.988. The predicted octanol–water partition coefficient (Wildman–Crippen LogP) is 2.70. The molecule has 1 saturated heterocycles. The Balaban J connectivity index is 1.63. The monoisotopic (exact) mass is 328 g/mol. The van der Waals surface area contributed by atoms with Crippen molar-refractivity contribution in [1.29, 1.82) is 0 Å². The third kappa shape index (κ3) is 3.64. The second-order valence-electron chi connectivity index (χ2n) is 6.12. The van der Waals surface area contributed by atoms with E-state index in [0.29, 0.717) is 13.0 Å². The minimum absolute atomic E-state index is 0.0871. The first kappa shape index (κ1) is 16.2. The van der Waals surface area contributed by atoms with Gasteiger partial charge in [0, 0.05) is 24.9 Å². The van der Waals surface area contributed by atoms with Crippen molar-refractivity contribution in [2.75, 3.05) is 6.54 Å². The third-order valence-corrected chi connectivity index (χ3v) is 4.54. The lowest BCUT2D eigenvalue weighted by Crippen LogP contribution is -2.40. The van der Waals surface area contributed by atoms with Crippen molar-refractivity contribution in [3.8, 4) is 0 Å². The lowest BCUT2D eigenvalue weighted by Gasteiger charge is -2.22. The van der Waals surface area contributed by atoms with Gasteiger partial charge in [-0.05, 0) is 24.3 Å². The van der Waals surface area contributed by atoms with E-state index in [-0.39, 0.29) is 18.4 Å². The molecule has 3 atom stereocenters. The fourth-order valence-electron chi connectivity index (χ4n) is 3.23. The quantitative estimate of drug-likeness (QED) is 0.921. The highest BCUT2D eigenvalue weighted by molar-refractivity contribution is 5.81. The second-order valence-corrected chi connectivity index (χ2v) is 6.12. The number of nitrogens with zero attached hydrogens (tertiary/aromatic N) is 2. The number of aliphatic imine (C=N–C) groups is 1. The Bertz CT molecular complexity index is 656. The number of hydrogen-bond acceptors (Lipinski definition) is 4. The van der Waals surface area contributed by atoms with E-state index in [1.54, 1.807) is 6.20 Å². The molecule has 0 radical (unpaired) electrons. The molecule has 0 saturated carbocycles. The smallest absolute Gasteiger partial charge is 0.410 e. The number of allylic oxidation sites excluding steroid dienone is 1. The molecule has 2 aliphatic heterocycles. The average molecular weight is 328 g/mol. The first-order valence-corrected chi connectivity index (χ1v) is 8.03. The maximum atomic E-state index is 12.4. The molecule has 0 aliphatic carbocycles. The second kappa shape index (κ2) is 7.29. The van der Waals surface area contributed by atoms with Crippen molar-refractivity contribution in [2.45, 2.75) is 25.5 Å². The Morgan fingerprint density at radius 3 is 2.75 bits per heavy atom. The van der Waals surface area contributed by atoms with E-state index in [1.165, 1.54) is 4.90 Å². The zero-order valence-electron chi connectivity index (χ0n) is 13.2. The van der Waals surface area contributed by atoms with Crippen LogP contribution in [-0.4, -0.2) is 40.9 Å². The van der Waals surface area contributed by atoms with Gasteiger partial charge in [0.1, 0.15) is 12.6 Å². The molecular weight excluding hydrogens is 308 g/mol. The Morgan fingerprint density at radius 1 is 1.29 bits per heavy atom. The van der Waals surface area contributed by atoms with Gasteiger partial charge in [0.15, 0.2) is 0 Å². The molecule has 6 heteroatoms. The van der Waals surface area contributed by atoms with E-state index < -0.39 is 18.1 Å². The highest BCUT2D eigenvalue weighted by atomic mass is 16.6. The molecule has 1 amide bonds. The summed E-state index contributed by atoms with van der Waals surface area (Å²) in [5.74, 6) is -0.731. The number of carbonyl (C=O) groups excluding carboxylic acids is 1. The van der Waals surface area contributed by atoms with Crippen LogP contribution >= 0.6 is 0 Å². The number of aliphatic carboxylic acids is 1. The first-order chi connectivity index (χ1) is 11.6. The number of carbonyl (C=O) groups is 2. The standard InChI is InChI=1S/C18H20N2O4/c21-17(22)16-9-15(14-7-4-8-19-10-14)11-20(16)18(23)24-12-13-5-2-1-3-6-13/h1-6,8,10,14-16H,7,9,11-12H2,(H,21,22)/t14?,15?,16-/m0/s1. The van der Waals surface area contributed by atoms with Gasteiger partial charge in [0.2, 0.25) is 0 Å². The summed E-state index contributed by atoms with van der Waals surface area (Å²) in [6.45, 7) is 0.524. The summed E-state index contributed by atoms with van der Waals surface area (Å²) < 4.78 is 5.30. The van der Waals surface area contributed by atoms with Crippen LogP contribution in [0.25, 0.3) is 0 Å². The Morgan fingerprint density at radius 2 is 2.08 bits per heavy atom. The number of benzene rings is 1. The van der Waals surface area contributed by atoms with Crippen LogP contribution in [0.15, 0.2) is 47.6 Å². The Kier molecular flexibility index (Phi) is 4.93. The molecule has 1 aromatic carbocycles. The summed E-state index contributed by atoms with van der Waals surface area (Å²) in [6, 6.07) is 8.50. The highest BCUT2D eigenvalue weighted by Crippen LogP contribution is 2.32.